The molecule has 2 aliphatic rings. The van der Waals surface area contributed by atoms with Crippen LogP contribution in [0.4, 0.5) is 11.6 Å². The molecule has 2 fully saturated rings. The monoisotopic (exact) mass is 470 g/mol. The van der Waals surface area contributed by atoms with Gasteiger partial charge in [0, 0.05) is 37.1 Å². The molecule has 2 aliphatic heterocycles. The number of anilines is 2. The molecule has 35 heavy (non-hydrogen) atoms. The van der Waals surface area contributed by atoms with Gasteiger partial charge in [-0.3, -0.25) is 4.79 Å². The number of benzene rings is 2. The van der Waals surface area contributed by atoms with Gasteiger partial charge in [-0.1, -0.05) is 12.1 Å². The van der Waals surface area contributed by atoms with E-state index in [0.717, 1.165) is 11.3 Å². The molecule has 9 heteroatoms. The lowest BCUT2D eigenvalue weighted by molar-refractivity contribution is 0.0652. The zero-order chi connectivity index (χ0) is 24.4. The van der Waals surface area contributed by atoms with Crippen molar-refractivity contribution >= 4 is 17.5 Å². The number of rotatable bonds is 6. The van der Waals surface area contributed by atoms with Crippen molar-refractivity contribution < 1.29 is 14.3 Å². The molecule has 2 aromatic carbocycles. The predicted octanol–water partition coefficient (Wildman–Crippen LogP) is 2.46. The normalized spacial score (nSPS) is 22.8. The van der Waals surface area contributed by atoms with Crippen LogP contribution in [0.1, 0.15) is 15.9 Å². The number of carbonyl (C=O) groups is 1. The van der Waals surface area contributed by atoms with E-state index < -0.39 is 0 Å². The Morgan fingerprint density at radius 2 is 1.80 bits per heavy atom. The van der Waals surface area contributed by atoms with Crippen LogP contribution in [-0.2, 0) is 9.47 Å². The molecule has 1 aromatic heterocycles. The number of fused-ring (bicyclic) bond motifs is 1. The summed E-state index contributed by atoms with van der Waals surface area (Å²) < 4.78 is 12.0. The summed E-state index contributed by atoms with van der Waals surface area (Å²) in [7, 11) is 3.92. The summed E-state index contributed by atoms with van der Waals surface area (Å²) in [5, 5.41) is 15.5. The van der Waals surface area contributed by atoms with Gasteiger partial charge in [-0.2, -0.15) is 5.26 Å². The summed E-state index contributed by atoms with van der Waals surface area (Å²) in [6, 6.07) is 18.3. The van der Waals surface area contributed by atoms with E-state index in [1.54, 1.807) is 24.4 Å². The lowest BCUT2D eigenvalue weighted by Gasteiger charge is -2.19. The largest absolute Gasteiger partial charge is 0.378 e. The van der Waals surface area contributed by atoms with Gasteiger partial charge in [-0.05, 0) is 42.5 Å². The number of amides is 1. The summed E-state index contributed by atoms with van der Waals surface area (Å²) in [5.74, 6) is 0.302. The van der Waals surface area contributed by atoms with Crippen LogP contribution in [0.3, 0.4) is 0 Å². The second kappa shape index (κ2) is 9.70. The number of hydrogen-bond acceptors (Lipinski definition) is 8. The minimum Gasteiger partial charge on any atom is -0.378 e. The third kappa shape index (κ3) is 4.80. The Hall–Kier alpha value is -4.00. The predicted molar refractivity (Wildman–Crippen MR) is 131 cm³/mol. The van der Waals surface area contributed by atoms with Crippen molar-refractivity contribution in [1.82, 2.24) is 15.3 Å². The first-order valence-electron chi connectivity index (χ1n) is 11.4. The molecule has 0 saturated carbocycles. The second-order valence-electron chi connectivity index (χ2n) is 8.83. The van der Waals surface area contributed by atoms with Crippen molar-refractivity contribution in [2.24, 2.45) is 0 Å². The van der Waals surface area contributed by atoms with Gasteiger partial charge in [-0.25, -0.2) is 9.97 Å². The molecule has 9 nitrogen and oxygen atoms in total. The molecule has 0 radical (unpaired) electrons. The van der Waals surface area contributed by atoms with E-state index in [2.05, 4.69) is 26.7 Å². The van der Waals surface area contributed by atoms with E-state index >= 15 is 0 Å². The summed E-state index contributed by atoms with van der Waals surface area (Å²) in [4.78, 5) is 23.7. The standard InChI is InChI=1S/C26H26N6O3/c1-32(2)19-8-6-17(7-9-19)25(33)29-21-14-34-24-22(15-35-23(21)24)31-26-28-11-10-20(30-26)18-5-3-4-16(12-18)13-27/h3-12,21-24H,14-15H2,1-2H3,(H,29,33)(H,28,30,31)/t21-,22-,23+,24+/m0/s1. The molecular formula is C26H26N6O3. The third-order valence-electron chi connectivity index (χ3n) is 6.27. The molecule has 0 spiro atoms. The maximum Gasteiger partial charge on any atom is 0.251 e. The van der Waals surface area contributed by atoms with Crippen molar-refractivity contribution in [3.63, 3.8) is 0 Å². The first-order chi connectivity index (χ1) is 17.0. The Bertz CT molecular complexity index is 1260. The molecule has 2 N–H and O–H groups in total. The van der Waals surface area contributed by atoms with Crippen LogP contribution in [-0.4, -0.2) is 67.5 Å². The second-order valence-corrected chi connectivity index (χ2v) is 8.83. The van der Waals surface area contributed by atoms with E-state index in [-0.39, 0.29) is 30.2 Å². The van der Waals surface area contributed by atoms with E-state index in [1.807, 2.05) is 55.4 Å². The summed E-state index contributed by atoms with van der Waals surface area (Å²) in [5.41, 5.74) is 3.76. The Labute approximate surface area is 203 Å². The van der Waals surface area contributed by atoms with Gasteiger partial charge >= 0.3 is 0 Å². The number of nitriles is 1. The highest BCUT2D eigenvalue weighted by Crippen LogP contribution is 2.29. The van der Waals surface area contributed by atoms with Gasteiger partial charge in [-0.15, -0.1) is 0 Å². The number of aromatic nitrogens is 2. The van der Waals surface area contributed by atoms with Gasteiger partial charge in [0.1, 0.15) is 12.2 Å². The van der Waals surface area contributed by atoms with Crippen molar-refractivity contribution in [3.8, 4) is 17.3 Å². The quantitative estimate of drug-likeness (QED) is 0.565. The molecule has 0 aliphatic carbocycles. The van der Waals surface area contributed by atoms with Crippen LogP contribution in [0.25, 0.3) is 11.3 Å². The first kappa shape index (κ1) is 22.8. The maximum atomic E-state index is 12.8. The van der Waals surface area contributed by atoms with Gasteiger partial charge in [0.2, 0.25) is 5.95 Å². The highest BCUT2D eigenvalue weighted by molar-refractivity contribution is 5.94. The minimum absolute atomic E-state index is 0.151. The number of carbonyl (C=O) groups excluding carboxylic acids is 1. The van der Waals surface area contributed by atoms with E-state index in [9.17, 15) is 4.79 Å². The summed E-state index contributed by atoms with van der Waals surface area (Å²) in [6.45, 7) is 0.785. The van der Waals surface area contributed by atoms with Crippen molar-refractivity contribution in [1.29, 1.82) is 5.26 Å². The zero-order valence-electron chi connectivity index (χ0n) is 19.5. The Morgan fingerprint density at radius 1 is 1.06 bits per heavy atom. The summed E-state index contributed by atoms with van der Waals surface area (Å²) in [6.07, 6.45) is 1.19. The molecule has 2 saturated heterocycles. The topological polar surface area (TPSA) is 112 Å². The van der Waals surface area contributed by atoms with Crippen molar-refractivity contribution in [2.45, 2.75) is 24.3 Å². The molecule has 5 rings (SSSR count). The first-order valence-corrected chi connectivity index (χ1v) is 11.4. The smallest absolute Gasteiger partial charge is 0.251 e. The Kier molecular flexibility index (Phi) is 6.31. The SMILES string of the molecule is CN(C)c1ccc(C(=O)N[C@H]2CO[C@H]3[C@@H]2OC[C@@H]3Nc2nccc(-c3cccc(C#N)c3)n2)cc1. The van der Waals surface area contributed by atoms with Gasteiger partial charge in [0.05, 0.1) is 42.6 Å². The molecule has 3 heterocycles. The average molecular weight is 471 g/mol. The third-order valence-corrected chi connectivity index (χ3v) is 6.27. The zero-order valence-corrected chi connectivity index (χ0v) is 19.5. The van der Waals surface area contributed by atoms with Crippen LogP contribution >= 0.6 is 0 Å². The highest BCUT2D eigenvalue weighted by atomic mass is 16.6. The molecule has 3 aromatic rings. The van der Waals surface area contributed by atoms with Crippen LogP contribution in [0, 0.1) is 11.3 Å². The highest BCUT2D eigenvalue weighted by Gasteiger charge is 2.48. The molecule has 1 amide bonds. The Balaban J connectivity index is 1.22. The lowest BCUT2D eigenvalue weighted by atomic mass is 10.1. The van der Waals surface area contributed by atoms with Crippen LogP contribution in [0.15, 0.2) is 60.8 Å². The van der Waals surface area contributed by atoms with Gasteiger partial charge < -0.3 is 25.0 Å². The number of nitrogens with one attached hydrogen (secondary N) is 2. The summed E-state index contributed by atoms with van der Waals surface area (Å²) >= 11 is 0. The molecule has 0 unspecified atom stereocenters. The lowest BCUT2D eigenvalue weighted by Crippen LogP contribution is -2.44. The number of nitrogens with zero attached hydrogens (tertiary/aromatic N) is 4. The number of hydrogen-bond donors (Lipinski definition) is 2. The molecule has 0 bridgehead atoms. The van der Waals surface area contributed by atoms with E-state index in [0.29, 0.717) is 36.0 Å². The van der Waals surface area contributed by atoms with Crippen LogP contribution < -0.4 is 15.5 Å². The van der Waals surface area contributed by atoms with Gasteiger partial charge in [0.25, 0.3) is 5.91 Å². The van der Waals surface area contributed by atoms with Gasteiger partial charge in [0.15, 0.2) is 0 Å². The van der Waals surface area contributed by atoms with Crippen molar-refractivity contribution in [3.05, 3.63) is 71.9 Å². The maximum absolute atomic E-state index is 12.8. The van der Waals surface area contributed by atoms with E-state index in [1.165, 1.54) is 0 Å². The fourth-order valence-electron chi connectivity index (χ4n) is 4.41. The van der Waals surface area contributed by atoms with Crippen molar-refractivity contribution in [2.75, 3.05) is 37.5 Å². The molecule has 4 atom stereocenters. The fraction of sp³-hybridized carbons (Fsp3) is 0.308. The van der Waals surface area contributed by atoms with Crippen LogP contribution in [0.2, 0.25) is 0 Å². The van der Waals surface area contributed by atoms with Crippen LogP contribution in [0.5, 0.6) is 0 Å². The molecule has 178 valence electrons. The fourth-order valence-corrected chi connectivity index (χ4v) is 4.41. The van der Waals surface area contributed by atoms with E-state index in [4.69, 9.17) is 14.7 Å². The Morgan fingerprint density at radius 3 is 2.54 bits per heavy atom. The minimum atomic E-state index is -0.256. The molecular weight excluding hydrogens is 444 g/mol. The number of ether oxygens (including phenoxy) is 2. The average Bonchev–Trinajstić information content (AvgIpc) is 3.47.